The van der Waals surface area contributed by atoms with Gasteiger partial charge in [0.25, 0.3) is 0 Å². The number of carbonyl (C=O) groups is 1. The predicted octanol–water partition coefficient (Wildman–Crippen LogP) is -0.00150. The number of nitrogens with two attached hydrogens (primary N) is 1. The van der Waals surface area contributed by atoms with Gasteiger partial charge in [-0.25, -0.2) is 0 Å². The van der Waals surface area contributed by atoms with Crippen LogP contribution in [0.4, 0.5) is 0 Å². The zero-order chi connectivity index (χ0) is 8.10. The first kappa shape index (κ1) is 8.29. The van der Waals surface area contributed by atoms with Gasteiger partial charge in [0, 0.05) is 6.42 Å². The molecule has 0 atom stereocenters. The summed E-state index contributed by atoms with van der Waals surface area (Å²) in [5, 5.41) is 0. The minimum atomic E-state index is 0.125. The molecule has 5 heteroatoms. The molecule has 0 aliphatic carbocycles. The topological polar surface area (TPSA) is 68.9 Å². The molecule has 0 aromatic carbocycles. The summed E-state index contributed by atoms with van der Waals surface area (Å²) < 4.78 is 7.69. The van der Waals surface area contributed by atoms with Gasteiger partial charge in [0.2, 0.25) is 0 Å². The molecule has 11 heavy (non-hydrogen) atoms. The first-order valence-corrected chi connectivity index (χ1v) is 4.04. The summed E-state index contributed by atoms with van der Waals surface area (Å²) in [7, 11) is 0. The van der Waals surface area contributed by atoms with Gasteiger partial charge in [-0.15, -0.1) is 0 Å². The highest BCUT2D eigenvalue weighted by molar-refractivity contribution is 6.99. The standard InChI is InChI=1S/C6H9N3OS/c7-2-1-6(10)3-5-4-8-11-9-5/h4H,1-3,7H2. The highest BCUT2D eigenvalue weighted by Crippen LogP contribution is 1.98. The van der Waals surface area contributed by atoms with Crippen LogP contribution in [0.15, 0.2) is 6.20 Å². The van der Waals surface area contributed by atoms with Crippen LogP contribution in [0.1, 0.15) is 12.1 Å². The summed E-state index contributed by atoms with van der Waals surface area (Å²) in [6.07, 6.45) is 2.41. The van der Waals surface area contributed by atoms with E-state index in [1.165, 1.54) is 0 Å². The van der Waals surface area contributed by atoms with Crippen molar-refractivity contribution in [2.75, 3.05) is 6.54 Å². The molecule has 2 N–H and O–H groups in total. The fourth-order valence-electron chi connectivity index (χ4n) is 0.713. The average molecular weight is 171 g/mol. The minimum absolute atomic E-state index is 0.125. The van der Waals surface area contributed by atoms with Crippen molar-refractivity contribution >= 4 is 17.5 Å². The Labute approximate surface area is 68.8 Å². The summed E-state index contributed by atoms with van der Waals surface area (Å²) in [6, 6.07) is 0. The molecule has 0 amide bonds. The van der Waals surface area contributed by atoms with Crippen LogP contribution in [-0.4, -0.2) is 21.1 Å². The summed E-state index contributed by atoms with van der Waals surface area (Å²) in [6.45, 7) is 0.413. The van der Waals surface area contributed by atoms with Gasteiger partial charge in [-0.3, -0.25) is 4.79 Å². The molecule has 4 nitrogen and oxygen atoms in total. The lowest BCUT2D eigenvalue weighted by Crippen LogP contribution is -2.10. The number of nitrogens with zero attached hydrogens (tertiary/aromatic N) is 2. The third-order valence-electron chi connectivity index (χ3n) is 1.21. The molecule has 1 aromatic heterocycles. The Morgan fingerprint density at radius 3 is 3.09 bits per heavy atom. The van der Waals surface area contributed by atoms with E-state index in [0.717, 1.165) is 17.4 Å². The second-order valence-electron chi connectivity index (χ2n) is 2.15. The molecule has 1 rings (SSSR count). The summed E-state index contributed by atoms with van der Waals surface area (Å²) in [5.41, 5.74) is 5.95. The molecule has 0 radical (unpaired) electrons. The van der Waals surface area contributed by atoms with Crippen LogP contribution in [-0.2, 0) is 11.2 Å². The minimum Gasteiger partial charge on any atom is -0.330 e. The van der Waals surface area contributed by atoms with Crippen LogP contribution in [0.5, 0.6) is 0 Å². The Bertz CT molecular complexity index is 222. The van der Waals surface area contributed by atoms with Crippen molar-refractivity contribution in [3.8, 4) is 0 Å². The van der Waals surface area contributed by atoms with Gasteiger partial charge >= 0.3 is 0 Å². The van der Waals surface area contributed by atoms with E-state index in [1.54, 1.807) is 6.20 Å². The van der Waals surface area contributed by atoms with Gasteiger partial charge < -0.3 is 5.73 Å². The molecule has 0 aliphatic rings. The summed E-state index contributed by atoms with van der Waals surface area (Å²) >= 11 is 1.12. The third kappa shape index (κ3) is 2.73. The molecule has 0 aliphatic heterocycles. The molecule has 0 fully saturated rings. The van der Waals surface area contributed by atoms with E-state index < -0.39 is 0 Å². The maximum absolute atomic E-state index is 11.0. The fraction of sp³-hybridized carbons (Fsp3) is 0.500. The lowest BCUT2D eigenvalue weighted by molar-refractivity contribution is -0.118. The first-order valence-electron chi connectivity index (χ1n) is 3.31. The third-order valence-corrected chi connectivity index (χ3v) is 1.72. The highest BCUT2D eigenvalue weighted by Gasteiger charge is 2.03. The van der Waals surface area contributed by atoms with Crippen LogP contribution in [0.2, 0.25) is 0 Å². The van der Waals surface area contributed by atoms with Gasteiger partial charge in [-0.1, -0.05) is 0 Å². The molecular weight excluding hydrogens is 162 g/mol. The van der Waals surface area contributed by atoms with Crippen LogP contribution >= 0.6 is 11.7 Å². The molecule has 0 saturated carbocycles. The van der Waals surface area contributed by atoms with Crippen molar-refractivity contribution in [2.45, 2.75) is 12.8 Å². The van der Waals surface area contributed by atoms with E-state index in [1.807, 2.05) is 0 Å². The maximum atomic E-state index is 11.0. The van der Waals surface area contributed by atoms with Crippen molar-refractivity contribution < 1.29 is 4.79 Å². The number of rotatable bonds is 4. The van der Waals surface area contributed by atoms with E-state index in [-0.39, 0.29) is 5.78 Å². The van der Waals surface area contributed by atoms with E-state index in [4.69, 9.17) is 5.73 Å². The van der Waals surface area contributed by atoms with Crippen LogP contribution < -0.4 is 5.73 Å². The van der Waals surface area contributed by atoms with Gasteiger partial charge in [0.1, 0.15) is 5.78 Å². The largest absolute Gasteiger partial charge is 0.330 e. The predicted molar refractivity (Wildman–Crippen MR) is 42.3 cm³/mol. The van der Waals surface area contributed by atoms with Gasteiger partial charge in [-0.05, 0) is 6.54 Å². The quantitative estimate of drug-likeness (QED) is 0.692. The molecule has 60 valence electrons. The number of Topliss-reactive ketones (excluding diaryl/α,β-unsaturated/α-hetero) is 1. The molecule has 0 bridgehead atoms. The first-order chi connectivity index (χ1) is 5.33. The van der Waals surface area contributed by atoms with E-state index in [0.29, 0.717) is 19.4 Å². The zero-order valence-corrected chi connectivity index (χ0v) is 6.80. The zero-order valence-electron chi connectivity index (χ0n) is 5.99. The smallest absolute Gasteiger partial charge is 0.140 e. The number of carbonyl (C=O) groups excluding carboxylic acids is 1. The van der Waals surface area contributed by atoms with E-state index in [9.17, 15) is 4.79 Å². The van der Waals surface area contributed by atoms with Crippen molar-refractivity contribution in [1.82, 2.24) is 8.75 Å². The Morgan fingerprint density at radius 2 is 2.55 bits per heavy atom. The maximum Gasteiger partial charge on any atom is 0.140 e. The van der Waals surface area contributed by atoms with Gasteiger partial charge in [0.05, 0.1) is 30.0 Å². The van der Waals surface area contributed by atoms with E-state index in [2.05, 4.69) is 8.75 Å². The van der Waals surface area contributed by atoms with E-state index >= 15 is 0 Å². The number of hydrogen-bond acceptors (Lipinski definition) is 5. The molecule has 0 spiro atoms. The summed E-state index contributed by atoms with van der Waals surface area (Å²) in [5.74, 6) is 0.125. The molecule has 0 saturated heterocycles. The lowest BCUT2D eigenvalue weighted by atomic mass is 10.2. The number of hydrogen-bond donors (Lipinski definition) is 1. The normalized spacial score (nSPS) is 9.91. The van der Waals surface area contributed by atoms with Crippen molar-refractivity contribution in [1.29, 1.82) is 0 Å². The second-order valence-corrected chi connectivity index (χ2v) is 2.71. The Morgan fingerprint density at radius 1 is 1.73 bits per heavy atom. The molecule has 1 aromatic rings. The van der Waals surface area contributed by atoms with Crippen molar-refractivity contribution in [3.63, 3.8) is 0 Å². The summed E-state index contributed by atoms with van der Waals surface area (Å²) in [4.78, 5) is 11.0. The van der Waals surface area contributed by atoms with Crippen molar-refractivity contribution in [3.05, 3.63) is 11.9 Å². The van der Waals surface area contributed by atoms with Crippen LogP contribution in [0.25, 0.3) is 0 Å². The highest BCUT2D eigenvalue weighted by atomic mass is 32.1. The SMILES string of the molecule is NCCC(=O)Cc1cnsn1. The lowest BCUT2D eigenvalue weighted by Gasteiger charge is -1.92. The van der Waals surface area contributed by atoms with Crippen LogP contribution in [0, 0.1) is 0 Å². The molecule has 1 heterocycles. The van der Waals surface area contributed by atoms with Gasteiger partial charge in [0.15, 0.2) is 0 Å². The molecular formula is C6H9N3OS. The second kappa shape index (κ2) is 4.15. The monoisotopic (exact) mass is 171 g/mol. The Hall–Kier alpha value is -0.810. The fourth-order valence-corrected chi connectivity index (χ4v) is 1.15. The Kier molecular flexibility index (Phi) is 3.13. The average Bonchev–Trinajstić information content (AvgIpc) is 2.40. The number of ketones is 1. The number of aromatic nitrogens is 2. The van der Waals surface area contributed by atoms with Crippen molar-refractivity contribution in [2.24, 2.45) is 5.73 Å². The van der Waals surface area contributed by atoms with Gasteiger partial charge in [-0.2, -0.15) is 8.75 Å². The molecule has 0 unspecified atom stereocenters. The van der Waals surface area contributed by atoms with Crippen LogP contribution in [0.3, 0.4) is 0 Å². The Balaban J connectivity index is 2.37.